The third-order valence-electron chi connectivity index (χ3n) is 2.76. The van der Waals surface area contributed by atoms with Gasteiger partial charge in [-0.3, -0.25) is 5.32 Å². The molecule has 1 aromatic heterocycles. The Hall–Kier alpha value is -1.80. The average molecular weight is 326 g/mol. The zero-order valence-corrected chi connectivity index (χ0v) is 14.1. The van der Waals surface area contributed by atoms with Crippen molar-refractivity contribution in [2.45, 2.75) is 32.2 Å². The predicted octanol–water partition coefficient (Wildman–Crippen LogP) is 2.07. The van der Waals surface area contributed by atoms with Crippen LogP contribution in [-0.4, -0.2) is 53.7 Å². The highest BCUT2D eigenvalue weighted by atomic mass is 32.1. The van der Waals surface area contributed by atoms with Crippen molar-refractivity contribution >= 4 is 28.8 Å². The van der Waals surface area contributed by atoms with E-state index in [0.717, 1.165) is 5.01 Å². The standard InChI is InChI=1S/C14H22N4O3S/c1-6-7-18(10(8-19)9-21-5)13(20)15-12-17-16-11(22-12)14(2,3)4/h6,8,10H,1,7,9H2,2-5H3,(H,15,17,20). The van der Waals surface area contributed by atoms with Gasteiger partial charge in [-0.2, -0.15) is 0 Å². The van der Waals surface area contributed by atoms with Crippen LogP contribution < -0.4 is 5.32 Å². The Bertz CT molecular complexity index is 524. The summed E-state index contributed by atoms with van der Waals surface area (Å²) in [4.78, 5) is 24.8. The number of aromatic nitrogens is 2. The minimum atomic E-state index is -0.682. The molecule has 0 aliphatic carbocycles. The van der Waals surface area contributed by atoms with Crippen molar-refractivity contribution < 1.29 is 14.3 Å². The molecule has 0 radical (unpaired) electrons. The van der Waals surface area contributed by atoms with E-state index in [-0.39, 0.29) is 18.6 Å². The first-order chi connectivity index (χ1) is 10.3. The maximum absolute atomic E-state index is 12.3. The summed E-state index contributed by atoms with van der Waals surface area (Å²) in [7, 11) is 1.47. The number of amides is 2. The van der Waals surface area contributed by atoms with Gasteiger partial charge in [0.1, 0.15) is 17.3 Å². The molecule has 0 fully saturated rings. The van der Waals surface area contributed by atoms with Crippen molar-refractivity contribution in [3.05, 3.63) is 17.7 Å². The highest BCUT2D eigenvalue weighted by Gasteiger charge is 2.25. The quantitative estimate of drug-likeness (QED) is 0.612. The molecular weight excluding hydrogens is 304 g/mol. The van der Waals surface area contributed by atoms with Crippen LogP contribution in [0.1, 0.15) is 25.8 Å². The Morgan fingerprint density at radius 1 is 1.50 bits per heavy atom. The lowest BCUT2D eigenvalue weighted by Crippen LogP contribution is -2.46. The van der Waals surface area contributed by atoms with E-state index >= 15 is 0 Å². The zero-order chi connectivity index (χ0) is 16.8. The number of nitrogens with one attached hydrogen (secondary N) is 1. The Morgan fingerprint density at radius 2 is 2.18 bits per heavy atom. The Morgan fingerprint density at radius 3 is 2.64 bits per heavy atom. The summed E-state index contributed by atoms with van der Waals surface area (Å²) in [6, 6.07) is -1.12. The van der Waals surface area contributed by atoms with Crippen molar-refractivity contribution in [2.24, 2.45) is 0 Å². The Kier molecular flexibility index (Phi) is 6.63. The molecule has 0 aromatic carbocycles. The van der Waals surface area contributed by atoms with Gasteiger partial charge in [-0.15, -0.1) is 16.8 Å². The van der Waals surface area contributed by atoms with Gasteiger partial charge in [0.25, 0.3) is 0 Å². The summed E-state index contributed by atoms with van der Waals surface area (Å²) >= 11 is 1.31. The molecule has 8 heteroatoms. The number of carbonyl (C=O) groups is 2. The van der Waals surface area contributed by atoms with Crippen molar-refractivity contribution in [1.82, 2.24) is 15.1 Å². The smallest absolute Gasteiger partial charge is 0.324 e. The minimum Gasteiger partial charge on any atom is -0.382 e. The lowest BCUT2D eigenvalue weighted by atomic mass is 9.98. The molecule has 0 saturated heterocycles. The van der Waals surface area contributed by atoms with Gasteiger partial charge in [0.2, 0.25) is 5.13 Å². The second kappa shape index (κ2) is 8.00. The van der Waals surface area contributed by atoms with Crippen molar-refractivity contribution in [1.29, 1.82) is 0 Å². The molecule has 122 valence electrons. The predicted molar refractivity (Wildman–Crippen MR) is 86.3 cm³/mol. The maximum atomic E-state index is 12.3. The fraction of sp³-hybridized carbons (Fsp3) is 0.571. The topological polar surface area (TPSA) is 84.4 Å². The lowest BCUT2D eigenvalue weighted by molar-refractivity contribution is -0.112. The Balaban J connectivity index is 2.84. The molecule has 0 aliphatic heterocycles. The summed E-state index contributed by atoms with van der Waals surface area (Å²) in [6.07, 6.45) is 2.22. The molecule has 2 amide bonds. The number of carbonyl (C=O) groups excluding carboxylic acids is 2. The monoisotopic (exact) mass is 326 g/mol. The van der Waals surface area contributed by atoms with Crippen LogP contribution in [0.4, 0.5) is 9.93 Å². The highest BCUT2D eigenvalue weighted by molar-refractivity contribution is 7.15. The van der Waals surface area contributed by atoms with E-state index in [1.807, 2.05) is 20.8 Å². The number of hydrogen-bond acceptors (Lipinski definition) is 6. The Labute approximate surface area is 134 Å². The molecular formula is C14H22N4O3S. The largest absolute Gasteiger partial charge is 0.382 e. The molecule has 1 heterocycles. The number of aldehydes is 1. The molecule has 0 bridgehead atoms. The van der Waals surface area contributed by atoms with Crippen molar-refractivity contribution in [3.8, 4) is 0 Å². The van der Waals surface area contributed by atoms with Crippen molar-refractivity contribution in [2.75, 3.05) is 25.6 Å². The molecule has 1 atom stereocenters. The van der Waals surface area contributed by atoms with Gasteiger partial charge in [-0.05, 0) is 0 Å². The lowest BCUT2D eigenvalue weighted by Gasteiger charge is -2.26. The number of hydrogen-bond donors (Lipinski definition) is 1. The van der Waals surface area contributed by atoms with Gasteiger partial charge in [0.15, 0.2) is 0 Å². The number of rotatable bonds is 7. The van der Waals surface area contributed by atoms with Crippen LogP contribution in [0.25, 0.3) is 0 Å². The van der Waals surface area contributed by atoms with Crippen LogP contribution in [-0.2, 0) is 14.9 Å². The van der Waals surface area contributed by atoms with Gasteiger partial charge < -0.3 is 14.4 Å². The van der Waals surface area contributed by atoms with Crippen LogP contribution in [0.5, 0.6) is 0 Å². The molecule has 0 spiro atoms. The van der Waals surface area contributed by atoms with Gasteiger partial charge in [0.05, 0.1) is 6.61 Å². The molecule has 7 nitrogen and oxygen atoms in total. The SMILES string of the molecule is C=CCN(C(=O)Nc1nnc(C(C)(C)C)s1)C(C=O)COC. The van der Waals surface area contributed by atoms with E-state index < -0.39 is 12.1 Å². The molecule has 0 saturated carbocycles. The van der Waals surface area contributed by atoms with Crippen LogP contribution in [0.2, 0.25) is 0 Å². The summed E-state index contributed by atoms with van der Waals surface area (Å²) in [5, 5.41) is 11.9. The van der Waals surface area contributed by atoms with Gasteiger partial charge in [-0.25, -0.2) is 4.79 Å². The van der Waals surface area contributed by atoms with E-state index in [0.29, 0.717) is 11.4 Å². The number of urea groups is 1. The maximum Gasteiger partial charge on any atom is 0.324 e. The normalized spacial score (nSPS) is 12.5. The summed E-state index contributed by atoms with van der Waals surface area (Å²) < 4.78 is 4.96. The second-order valence-electron chi connectivity index (χ2n) is 5.69. The fourth-order valence-electron chi connectivity index (χ4n) is 1.62. The van der Waals surface area contributed by atoms with Crippen LogP contribution in [0.3, 0.4) is 0 Å². The molecule has 0 aliphatic rings. The average Bonchev–Trinajstić information content (AvgIpc) is 2.91. The fourth-order valence-corrected chi connectivity index (χ4v) is 2.41. The van der Waals surface area contributed by atoms with E-state index in [4.69, 9.17) is 4.74 Å². The van der Waals surface area contributed by atoms with Crippen LogP contribution in [0, 0.1) is 0 Å². The minimum absolute atomic E-state index is 0.119. The first kappa shape index (κ1) is 18.2. The van der Waals surface area contributed by atoms with Gasteiger partial charge in [-0.1, -0.05) is 38.2 Å². The van der Waals surface area contributed by atoms with E-state index in [2.05, 4.69) is 22.1 Å². The molecule has 22 heavy (non-hydrogen) atoms. The first-order valence-corrected chi connectivity index (χ1v) is 7.61. The molecule has 1 aromatic rings. The molecule has 1 N–H and O–H groups in total. The highest BCUT2D eigenvalue weighted by Crippen LogP contribution is 2.27. The van der Waals surface area contributed by atoms with E-state index in [9.17, 15) is 9.59 Å². The third kappa shape index (κ3) is 4.88. The summed E-state index contributed by atoms with van der Waals surface area (Å²) in [6.45, 7) is 10.00. The molecule has 1 unspecified atom stereocenters. The third-order valence-corrected chi connectivity index (χ3v) is 4.03. The molecule has 1 rings (SSSR count). The second-order valence-corrected chi connectivity index (χ2v) is 6.67. The van der Waals surface area contributed by atoms with E-state index in [1.54, 1.807) is 6.08 Å². The number of ether oxygens (including phenoxy) is 1. The van der Waals surface area contributed by atoms with Crippen LogP contribution >= 0.6 is 11.3 Å². The van der Waals surface area contributed by atoms with Crippen molar-refractivity contribution in [3.63, 3.8) is 0 Å². The first-order valence-electron chi connectivity index (χ1n) is 6.80. The van der Waals surface area contributed by atoms with Gasteiger partial charge >= 0.3 is 6.03 Å². The zero-order valence-electron chi connectivity index (χ0n) is 13.3. The number of anilines is 1. The van der Waals surface area contributed by atoms with Gasteiger partial charge in [0, 0.05) is 19.1 Å². The van der Waals surface area contributed by atoms with E-state index in [1.165, 1.54) is 23.3 Å². The summed E-state index contributed by atoms with van der Waals surface area (Å²) in [5.41, 5.74) is -0.136. The van der Waals surface area contributed by atoms with Crippen LogP contribution in [0.15, 0.2) is 12.7 Å². The number of methoxy groups -OCH3 is 1. The number of nitrogens with zero attached hydrogens (tertiary/aromatic N) is 3. The summed E-state index contributed by atoms with van der Waals surface area (Å²) in [5.74, 6) is 0.